The lowest BCUT2D eigenvalue weighted by molar-refractivity contribution is 0.528. The third kappa shape index (κ3) is 1.86. The van der Waals surface area contributed by atoms with E-state index in [0.29, 0.717) is 16.9 Å². The van der Waals surface area contributed by atoms with E-state index in [0.717, 1.165) is 5.56 Å². The smallest absolute Gasteiger partial charge is 0.408 e. The second-order valence-electron chi connectivity index (χ2n) is 4.32. The van der Waals surface area contributed by atoms with Crippen LogP contribution in [-0.2, 0) is 7.05 Å². The quantitative estimate of drug-likeness (QED) is 0.703. The third-order valence-electron chi connectivity index (χ3n) is 3.12. The topological polar surface area (TPSA) is 84.7 Å². The number of aryl methyl sites for hydroxylation is 1. The van der Waals surface area contributed by atoms with Crippen molar-refractivity contribution in [3.63, 3.8) is 0 Å². The Morgan fingerprint density at radius 2 is 2.10 bits per heavy atom. The van der Waals surface area contributed by atoms with Crippen LogP contribution in [0.3, 0.4) is 0 Å². The molecule has 0 N–H and O–H groups in total. The van der Waals surface area contributed by atoms with Gasteiger partial charge in [0.05, 0.1) is 11.6 Å². The number of nitrogens with zero attached hydrogens (tertiary/aromatic N) is 4. The van der Waals surface area contributed by atoms with E-state index >= 15 is 0 Å². The van der Waals surface area contributed by atoms with Crippen LogP contribution in [0.15, 0.2) is 45.9 Å². The van der Waals surface area contributed by atoms with E-state index < -0.39 is 11.7 Å². The zero-order valence-corrected chi connectivity index (χ0v) is 10.6. The summed E-state index contributed by atoms with van der Waals surface area (Å²) in [6.07, 6.45) is 3.19. The fourth-order valence-electron chi connectivity index (χ4n) is 2.06. The van der Waals surface area contributed by atoms with Crippen molar-refractivity contribution in [3.8, 4) is 6.07 Å². The van der Waals surface area contributed by atoms with Gasteiger partial charge in [0.2, 0.25) is 0 Å². The maximum Gasteiger partial charge on any atom is 0.419 e. The molecule has 0 spiro atoms. The molecule has 0 saturated heterocycles. The maximum absolute atomic E-state index is 11.5. The van der Waals surface area contributed by atoms with Crippen molar-refractivity contribution >= 4 is 11.1 Å². The highest BCUT2D eigenvalue weighted by atomic mass is 16.4. The standard InChI is InChI=1S/C14H10N4O2/c1-18-11-7-9(3-4-12(11)20-14(18)19)10(8-15)13-16-5-2-6-17-13/h2-7,10H,1H3. The summed E-state index contributed by atoms with van der Waals surface area (Å²) < 4.78 is 6.47. The number of nitriles is 1. The summed E-state index contributed by atoms with van der Waals surface area (Å²) in [5.41, 5.74) is 1.86. The van der Waals surface area contributed by atoms with Crippen LogP contribution >= 0.6 is 0 Å². The SMILES string of the molecule is Cn1c(=O)oc2ccc(C(C#N)c3ncccn3)cc21. The first-order chi connectivity index (χ1) is 9.70. The molecule has 0 radical (unpaired) electrons. The first-order valence-corrected chi connectivity index (χ1v) is 5.96. The van der Waals surface area contributed by atoms with E-state index in [4.69, 9.17) is 4.42 Å². The number of aromatic nitrogens is 3. The lowest BCUT2D eigenvalue weighted by Gasteiger charge is -2.07. The Kier molecular flexibility index (Phi) is 2.80. The molecular weight excluding hydrogens is 256 g/mol. The van der Waals surface area contributed by atoms with E-state index in [1.807, 2.05) is 0 Å². The average molecular weight is 266 g/mol. The number of benzene rings is 1. The molecule has 1 unspecified atom stereocenters. The normalized spacial score (nSPS) is 12.2. The maximum atomic E-state index is 11.5. The van der Waals surface area contributed by atoms with E-state index in [1.165, 1.54) is 4.57 Å². The zero-order chi connectivity index (χ0) is 14.1. The van der Waals surface area contributed by atoms with Gasteiger partial charge in [-0.15, -0.1) is 0 Å². The molecule has 98 valence electrons. The summed E-state index contributed by atoms with van der Waals surface area (Å²) >= 11 is 0. The molecule has 1 aromatic carbocycles. The van der Waals surface area contributed by atoms with Gasteiger partial charge in [-0.3, -0.25) is 4.57 Å². The molecule has 3 rings (SSSR count). The van der Waals surface area contributed by atoms with E-state index in [-0.39, 0.29) is 0 Å². The molecule has 3 aromatic rings. The summed E-state index contributed by atoms with van der Waals surface area (Å²) in [5.74, 6) is -0.574. The van der Waals surface area contributed by atoms with Crippen LogP contribution in [0, 0.1) is 11.3 Å². The summed E-state index contributed by atoms with van der Waals surface area (Å²) in [6, 6.07) is 9.06. The highest BCUT2D eigenvalue weighted by Crippen LogP contribution is 2.24. The van der Waals surface area contributed by atoms with Crippen LogP contribution in [-0.4, -0.2) is 14.5 Å². The zero-order valence-electron chi connectivity index (χ0n) is 10.6. The molecule has 0 fully saturated rings. The molecule has 0 aliphatic carbocycles. The fourth-order valence-corrected chi connectivity index (χ4v) is 2.06. The summed E-state index contributed by atoms with van der Waals surface area (Å²) in [6.45, 7) is 0. The predicted octanol–water partition coefficient (Wildman–Crippen LogP) is 1.58. The van der Waals surface area contributed by atoms with Crippen LogP contribution < -0.4 is 5.76 Å². The van der Waals surface area contributed by atoms with Crippen LogP contribution in [0.5, 0.6) is 0 Å². The third-order valence-corrected chi connectivity index (χ3v) is 3.12. The Morgan fingerprint density at radius 1 is 1.35 bits per heavy atom. The van der Waals surface area contributed by atoms with E-state index in [1.54, 1.807) is 43.7 Å². The summed E-state index contributed by atoms with van der Waals surface area (Å²) in [4.78, 5) is 19.7. The monoisotopic (exact) mass is 266 g/mol. The lowest BCUT2D eigenvalue weighted by Crippen LogP contribution is -2.08. The highest BCUT2D eigenvalue weighted by molar-refractivity contribution is 5.74. The largest absolute Gasteiger partial charge is 0.419 e. The van der Waals surface area contributed by atoms with Gasteiger partial charge >= 0.3 is 5.76 Å². The van der Waals surface area contributed by atoms with E-state index in [9.17, 15) is 10.1 Å². The second kappa shape index (κ2) is 4.63. The van der Waals surface area contributed by atoms with Gasteiger partial charge < -0.3 is 4.42 Å². The van der Waals surface area contributed by atoms with Crippen molar-refractivity contribution in [3.05, 3.63) is 58.6 Å². The lowest BCUT2D eigenvalue weighted by atomic mass is 9.99. The number of rotatable bonds is 2. The van der Waals surface area contributed by atoms with Gasteiger partial charge in [-0.2, -0.15) is 5.26 Å². The number of fused-ring (bicyclic) bond motifs is 1. The van der Waals surface area contributed by atoms with Crippen LogP contribution in [0.25, 0.3) is 11.1 Å². The molecule has 2 heterocycles. The van der Waals surface area contributed by atoms with Crippen molar-refractivity contribution in [2.45, 2.75) is 5.92 Å². The van der Waals surface area contributed by atoms with Gasteiger partial charge in [-0.1, -0.05) is 6.07 Å². The molecule has 0 saturated carbocycles. The van der Waals surface area contributed by atoms with E-state index in [2.05, 4.69) is 16.0 Å². The molecule has 20 heavy (non-hydrogen) atoms. The van der Waals surface area contributed by atoms with Crippen LogP contribution in [0.2, 0.25) is 0 Å². The van der Waals surface area contributed by atoms with Crippen molar-refractivity contribution in [1.29, 1.82) is 5.26 Å². The van der Waals surface area contributed by atoms with Gasteiger partial charge in [0.25, 0.3) is 0 Å². The van der Waals surface area contributed by atoms with Gasteiger partial charge in [0, 0.05) is 19.4 Å². The van der Waals surface area contributed by atoms with Crippen molar-refractivity contribution < 1.29 is 4.42 Å². The fraction of sp³-hybridized carbons (Fsp3) is 0.143. The Hall–Kier alpha value is -2.94. The van der Waals surface area contributed by atoms with Crippen molar-refractivity contribution in [1.82, 2.24) is 14.5 Å². The first kappa shape index (κ1) is 12.1. The minimum absolute atomic E-state index is 0.429. The molecule has 0 amide bonds. The molecule has 6 nitrogen and oxygen atoms in total. The Labute approximate surface area is 113 Å². The summed E-state index contributed by atoms with van der Waals surface area (Å²) in [7, 11) is 1.62. The molecule has 0 bridgehead atoms. The van der Waals surface area contributed by atoms with Crippen molar-refractivity contribution in [2.75, 3.05) is 0 Å². The molecule has 0 aliphatic heterocycles. The Balaban J connectivity index is 2.16. The van der Waals surface area contributed by atoms with Gasteiger partial charge in [0.15, 0.2) is 5.58 Å². The molecule has 2 aromatic heterocycles. The summed E-state index contributed by atoms with van der Waals surface area (Å²) in [5, 5.41) is 9.36. The van der Waals surface area contributed by atoms with Crippen LogP contribution in [0.4, 0.5) is 0 Å². The van der Waals surface area contributed by atoms with Gasteiger partial charge in [-0.25, -0.2) is 14.8 Å². The van der Waals surface area contributed by atoms with Crippen LogP contribution in [0.1, 0.15) is 17.3 Å². The minimum Gasteiger partial charge on any atom is -0.408 e. The number of hydrogen-bond acceptors (Lipinski definition) is 5. The highest BCUT2D eigenvalue weighted by Gasteiger charge is 2.18. The Morgan fingerprint density at radius 3 is 2.80 bits per heavy atom. The molecule has 6 heteroatoms. The number of hydrogen-bond donors (Lipinski definition) is 0. The second-order valence-corrected chi connectivity index (χ2v) is 4.32. The van der Waals surface area contributed by atoms with Crippen molar-refractivity contribution in [2.24, 2.45) is 7.05 Å². The minimum atomic E-state index is -0.578. The van der Waals surface area contributed by atoms with Gasteiger partial charge in [-0.05, 0) is 23.8 Å². The molecule has 1 atom stereocenters. The van der Waals surface area contributed by atoms with Gasteiger partial charge in [0.1, 0.15) is 11.7 Å². The predicted molar refractivity (Wildman–Crippen MR) is 70.9 cm³/mol. The average Bonchev–Trinajstić information content (AvgIpc) is 2.76. The first-order valence-electron chi connectivity index (χ1n) is 5.96. The number of oxazole rings is 1. The molecule has 0 aliphatic rings. The molecular formula is C14H10N4O2. The Bertz CT molecular complexity index is 858.